The quantitative estimate of drug-likeness (QED) is 0.811. The van der Waals surface area contributed by atoms with E-state index in [1.165, 1.54) is 10.9 Å². The van der Waals surface area contributed by atoms with Crippen LogP contribution in [-0.2, 0) is 4.74 Å². The zero-order chi connectivity index (χ0) is 15.3. The number of alkyl halides is 1. The summed E-state index contributed by atoms with van der Waals surface area (Å²) in [5.74, 6) is 0.0828. The number of nitrogens with zero attached hydrogens (tertiary/aromatic N) is 4. The first-order valence-corrected chi connectivity index (χ1v) is 6.91. The molecule has 1 aliphatic heterocycles. The predicted octanol–water partition coefficient (Wildman–Crippen LogP) is 1.31. The molecule has 0 amide bonds. The number of anilines is 1. The molecule has 21 heavy (non-hydrogen) atoms. The summed E-state index contributed by atoms with van der Waals surface area (Å²) in [7, 11) is 0. The standard InChI is InChI=1S/C12H15ClFN5O2/c1-4(2)8-7(20)5(14)11(21-8)19-3-16-6-9(15)17-12(13)18-10(6)19/h3-5,7-8,11,20H,1-2H3,(H2,15,17,18)/t5-,7-,8+,11+/m0/s1. The van der Waals surface area contributed by atoms with E-state index in [4.69, 9.17) is 22.1 Å². The van der Waals surface area contributed by atoms with Gasteiger partial charge in [-0.1, -0.05) is 13.8 Å². The maximum Gasteiger partial charge on any atom is 0.226 e. The average Bonchev–Trinajstić information content (AvgIpc) is 2.93. The van der Waals surface area contributed by atoms with Crippen molar-refractivity contribution >= 4 is 28.6 Å². The van der Waals surface area contributed by atoms with E-state index in [1.54, 1.807) is 0 Å². The van der Waals surface area contributed by atoms with Crippen LogP contribution in [0, 0.1) is 5.92 Å². The van der Waals surface area contributed by atoms with Gasteiger partial charge >= 0.3 is 0 Å². The van der Waals surface area contributed by atoms with Gasteiger partial charge in [0.1, 0.15) is 11.6 Å². The van der Waals surface area contributed by atoms with Crippen molar-refractivity contribution < 1.29 is 14.2 Å². The number of halogens is 2. The van der Waals surface area contributed by atoms with E-state index in [0.29, 0.717) is 5.52 Å². The number of nitrogens with two attached hydrogens (primary N) is 1. The average molecular weight is 316 g/mol. The summed E-state index contributed by atoms with van der Waals surface area (Å²) in [5.41, 5.74) is 6.30. The van der Waals surface area contributed by atoms with Gasteiger partial charge in [-0.2, -0.15) is 9.97 Å². The van der Waals surface area contributed by atoms with E-state index >= 15 is 0 Å². The van der Waals surface area contributed by atoms with Gasteiger partial charge in [0.05, 0.1) is 12.4 Å². The molecule has 0 bridgehead atoms. The monoisotopic (exact) mass is 315 g/mol. The molecule has 0 radical (unpaired) electrons. The summed E-state index contributed by atoms with van der Waals surface area (Å²) in [5, 5.41) is 9.90. The Labute approximate surface area is 124 Å². The van der Waals surface area contributed by atoms with E-state index in [-0.39, 0.29) is 22.7 Å². The lowest BCUT2D eigenvalue weighted by Gasteiger charge is -2.18. The van der Waals surface area contributed by atoms with Crippen LogP contribution < -0.4 is 5.73 Å². The van der Waals surface area contributed by atoms with E-state index in [2.05, 4.69) is 15.0 Å². The van der Waals surface area contributed by atoms with Gasteiger partial charge in [-0.25, -0.2) is 9.37 Å². The molecule has 0 aromatic carbocycles. The van der Waals surface area contributed by atoms with Crippen molar-refractivity contribution in [3.63, 3.8) is 0 Å². The second kappa shape index (κ2) is 5.04. The van der Waals surface area contributed by atoms with Crippen LogP contribution in [0.2, 0.25) is 5.28 Å². The second-order valence-electron chi connectivity index (χ2n) is 5.37. The first kappa shape index (κ1) is 14.4. The lowest BCUT2D eigenvalue weighted by atomic mass is 10.0. The molecule has 0 saturated carbocycles. The van der Waals surface area contributed by atoms with Crippen molar-refractivity contribution in [2.24, 2.45) is 5.92 Å². The zero-order valence-electron chi connectivity index (χ0n) is 11.4. The number of aliphatic hydroxyl groups excluding tert-OH is 1. The van der Waals surface area contributed by atoms with Crippen LogP contribution >= 0.6 is 11.6 Å². The minimum atomic E-state index is -1.59. The molecule has 114 valence electrons. The summed E-state index contributed by atoms with van der Waals surface area (Å²) in [6.45, 7) is 3.71. The Kier molecular flexibility index (Phi) is 3.46. The molecular weight excluding hydrogens is 301 g/mol. The van der Waals surface area contributed by atoms with Gasteiger partial charge in [-0.15, -0.1) is 0 Å². The molecule has 0 unspecified atom stereocenters. The minimum Gasteiger partial charge on any atom is -0.387 e. The van der Waals surface area contributed by atoms with Gasteiger partial charge in [0, 0.05) is 0 Å². The number of nitrogen functional groups attached to an aromatic ring is 1. The Bertz CT molecular complexity index is 679. The number of imidazole rings is 1. The summed E-state index contributed by atoms with van der Waals surface area (Å²) < 4.78 is 21.4. The van der Waals surface area contributed by atoms with E-state index in [9.17, 15) is 9.50 Å². The van der Waals surface area contributed by atoms with Crippen LogP contribution in [0.25, 0.3) is 11.2 Å². The predicted molar refractivity (Wildman–Crippen MR) is 74.4 cm³/mol. The fraction of sp³-hybridized carbons (Fsp3) is 0.583. The van der Waals surface area contributed by atoms with Crippen LogP contribution in [0.4, 0.5) is 10.2 Å². The summed E-state index contributed by atoms with van der Waals surface area (Å²) >= 11 is 5.78. The van der Waals surface area contributed by atoms with Crippen molar-refractivity contribution in [2.75, 3.05) is 5.73 Å². The largest absolute Gasteiger partial charge is 0.387 e. The number of rotatable bonds is 2. The lowest BCUT2D eigenvalue weighted by molar-refractivity contribution is -0.0433. The van der Waals surface area contributed by atoms with Gasteiger partial charge in [0.25, 0.3) is 0 Å². The number of aromatic nitrogens is 4. The molecule has 7 nitrogen and oxygen atoms in total. The van der Waals surface area contributed by atoms with Crippen molar-refractivity contribution in [1.82, 2.24) is 19.5 Å². The summed E-state index contributed by atoms with van der Waals surface area (Å²) in [6, 6.07) is 0. The number of hydrogen-bond donors (Lipinski definition) is 2. The van der Waals surface area contributed by atoms with Gasteiger partial charge in [0.2, 0.25) is 5.28 Å². The van der Waals surface area contributed by atoms with E-state index in [0.717, 1.165) is 0 Å². The maximum atomic E-state index is 14.4. The third-order valence-electron chi connectivity index (χ3n) is 3.58. The summed E-state index contributed by atoms with van der Waals surface area (Å²) in [6.07, 6.45) is -3.06. The van der Waals surface area contributed by atoms with E-state index in [1.807, 2.05) is 13.8 Å². The Morgan fingerprint density at radius 1 is 1.48 bits per heavy atom. The fourth-order valence-corrected chi connectivity index (χ4v) is 2.70. The van der Waals surface area contributed by atoms with Gasteiger partial charge < -0.3 is 15.6 Å². The SMILES string of the molecule is CC(C)[C@H]1O[C@@H](n2cnc3c(N)nc(Cl)nc32)[C@@H](F)[C@@H]1O. The molecule has 3 heterocycles. The highest BCUT2D eigenvalue weighted by Gasteiger charge is 2.46. The second-order valence-corrected chi connectivity index (χ2v) is 5.71. The van der Waals surface area contributed by atoms with E-state index < -0.39 is 24.6 Å². The lowest BCUT2D eigenvalue weighted by Crippen LogP contribution is -2.31. The number of aliphatic hydroxyl groups is 1. The van der Waals surface area contributed by atoms with Crippen LogP contribution in [-0.4, -0.2) is 43.0 Å². The van der Waals surface area contributed by atoms with Crippen LogP contribution in [0.3, 0.4) is 0 Å². The molecule has 1 saturated heterocycles. The van der Waals surface area contributed by atoms with Gasteiger partial charge in [-0.3, -0.25) is 4.57 Å². The van der Waals surface area contributed by atoms with Gasteiger partial charge in [-0.05, 0) is 17.5 Å². The molecule has 3 N–H and O–H groups in total. The highest BCUT2D eigenvalue weighted by Crippen LogP contribution is 2.36. The van der Waals surface area contributed by atoms with Crippen molar-refractivity contribution in [3.8, 4) is 0 Å². The molecule has 2 aromatic rings. The molecule has 9 heteroatoms. The molecule has 0 aliphatic carbocycles. The van der Waals surface area contributed by atoms with Crippen molar-refractivity contribution in [1.29, 1.82) is 0 Å². The van der Waals surface area contributed by atoms with Crippen LogP contribution in [0.15, 0.2) is 6.33 Å². The maximum absolute atomic E-state index is 14.4. The highest BCUT2D eigenvalue weighted by molar-refractivity contribution is 6.28. The zero-order valence-corrected chi connectivity index (χ0v) is 12.2. The Balaban J connectivity index is 2.05. The smallest absolute Gasteiger partial charge is 0.226 e. The van der Waals surface area contributed by atoms with Crippen molar-refractivity contribution in [2.45, 2.75) is 38.5 Å². The Morgan fingerprint density at radius 3 is 2.81 bits per heavy atom. The number of hydrogen-bond acceptors (Lipinski definition) is 6. The van der Waals surface area contributed by atoms with Gasteiger partial charge in [0.15, 0.2) is 23.9 Å². The molecule has 1 aliphatic rings. The molecule has 1 fully saturated rings. The molecular formula is C12H15ClFN5O2. The van der Waals surface area contributed by atoms with Crippen LogP contribution in [0.5, 0.6) is 0 Å². The Hall–Kier alpha value is -1.51. The number of fused-ring (bicyclic) bond motifs is 1. The first-order chi connectivity index (χ1) is 9.90. The highest BCUT2D eigenvalue weighted by atomic mass is 35.5. The molecule has 3 rings (SSSR count). The number of ether oxygens (including phenoxy) is 1. The fourth-order valence-electron chi connectivity index (χ4n) is 2.53. The van der Waals surface area contributed by atoms with Crippen LogP contribution in [0.1, 0.15) is 20.1 Å². The minimum absolute atomic E-state index is 0.0266. The topological polar surface area (TPSA) is 99.1 Å². The first-order valence-electron chi connectivity index (χ1n) is 6.53. The Morgan fingerprint density at radius 2 is 2.19 bits per heavy atom. The molecule has 0 spiro atoms. The normalized spacial score (nSPS) is 29.6. The third kappa shape index (κ3) is 2.23. The third-order valence-corrected chi connectivity index (χ3v) is 3.75. The summed E-state index contributed by atoms with van der Waals surface area (Å²) in [4.78, 5) is 11.9. The van der Waals surface area contributed by atoms with Crippen molar-refractivity contribution in [3.05, 3.63) is 11.6 Å². The molecule has 4 atom stereocenters. The molecule has 2 aromatic heterocycles.